The largest absolute Gasteiger partial charge is 0.486 e. The van der Waals surface area contributed by atoms with Gasteiger partial charge in [0.15, 0.2) is 0 Å². The molecule has 2 N–H and O–H groups in total. The fraction of sp³-hybridized carbons (Fsp3) is 0.167. The summed E-state index contributed by atoms with van der Waals surface area (Å²) in [6.45, 7) is 0.896. The van der Waals surface area contributed by atoms with E-state index in [2.05, 4.69) is 0 Å². The molecule has 2 rings (SSSR count). The summed E-state index contributed by atoms with van der Waals surface area (Å²) >= 11 is 0. The molecule has 0 saturated carbocycles. The van der Waals surface area contributed by atoms with Crippen LogP contribution in [0, 0.1) is 0 Å². The monoisotopic (exact) mass is 203 g/mol. The molecule has 0 unspecified atom stereocenters. The molecule has 3 heteroatoms. The van der Waals surface area contributed by atoms with E-state index in [1.165, 1.54) is 0 Å². The van der Waals surface area contributed by atoms with E-state index in [1.807, 2.05) is 36.4 Å². The van der Waals surface area contributed by atoms with Crippen LogP contribution in [-0.4, -0.2) is 0 Å². The van der Waals surface area contributed by atoms with Gasteiger partial charge in [-0.05, 0) is 18.2 Å². The van der Waals surface area contributed by atoms with Gasteiger partial charge >= 0.3 is 0 Å². The molecule has 0 amide bonds. The Bertz CT molecular complexity index is 409. The first-order valence-electron chi connectivity index (χ1n) is 4.83. The maximum atomic E-state index is 5.55. The van der Waals surface area contributed by atoms with Crippen LogP contribution in [0.25, 0.3) is 0 Å². The molecule has 0 bridgehead atoms. The summed E-state index contributed by atoms with van der Waals surface area (Å²) in [5.74, 6) is 1.62. The molecule has 3 nitrogen and oxygen atoms in total. The normalized spacial score (nSPS) is 10.2. The molecule has 2 aromatic rings. The topological polar surface area (TPSA) is 48.4 Å². The molecule has 15 heavy (non-hydrogen) atoms. The number of nitrogens with two attached hydrogens (primary N) is 1. The summed E-state index contributed by atoms with van der Waals surface area (Å²) in [6, 6.07) is 11.5. The van der Waals surface area contributed by atoms with Crippen LogP contribution in [0.5, 0.6) is 5.75 Å². The molecule has 1 aromatic heterocycles. The first-order valence-corrected chi connectivity index (χ1v) is 4.83. The predicted octanol–water partition coefficient (Wildman–Crippen LogP) is 2.32. The second-order valence-corrected chi connectivity index (χ2v) is 3.17. The van der Waals surface area contributed by atoms with Crippen LogP contribution in [0.15, 0.2) is 47.1 Å². The first kappa shape index (κ1) is 9.80. The molecular weight excluding hydrogens is 190 g/mol. The van der Waals surface area contributed by atoms with Crippen LogP contribution >= 0.6 is 0 Å². The molecule has 0 aliphatic heterocycles. The molecule has 78 valence electrons. The third-order valence-corrected chi connectivity index (χ3v) is 2.17. The van der Waals surface area contributed by atoms with Crippen molar-refractivity contribution in [3.63, 3.8) is 0 Å². The van der Waals surface area contributed by atoms with Crippen molar-refractivity contribution in [2.75, 3.05) is 0 Å². The lowest BCUT2D eigenvalue weighted by Gasteiger charge is -2.04. The van der Waals surface area contributed by atoms with Crippen LogP contribution in [0.1, 0.15) is 11.3 Å². The van der Waals surface area contributed by atoms with Gasteiger partial charge in [-0.2, -0.15) is 0 Å². The van der Waals surface area contributed by atoms with E-state index in [1.54, 1.807) is 6.26 Å². The standard InChI is InChI=1S/C12H13NO2/c13-8-10-6-7-14-12(10)9-15-11-4-2-1-3-5-11/h1-7H,8-9,13H2. The highest BCUT2D eigenvalue weighted by atomic mass is 16.5. The van der Waals surface area contributed by atoms with Gasteiger partial charge in [0.25, 0.3) is 0 Å². The van der Waals surface area contributed by atoms with E-state index in [9.17, 15) is 0 Å². The van der Waals surface area contributed by atoms with Gasteiger partial charge in [-0.3, -0.25) is 0 Å². The molecule has 0 saturated heterocycles. The van der Waals surface area contributed by atoms with Crippen molar-refractivity contribution < 1.29 is 9.15 Å². The van der Waals surface area contributed by atoms with Crippen molar-refractivity contribution in [3.05, 3.63) is 54.0 Å². The molecule has 0 aliphatic carbocycles. The third-order valence-electron chi connectivity index (χ3n) is 2.17. The van der Waals surface area contributed by atoms with Gasteiger partial charge < -0.3 is 14.9 Å². The Hall–Kier alpha value is -1.74. The van der Waals surface area contributed by atoms with E-state index < -0.39 is 0 Å². The number of hydrogen-bond acceptors (Lipinski definition) is 3. The number of furan rings is 1. The van der Waals surface area contributed by atoms with Crippen LogP contribution in [0.2, 0.25) is 0 Å². The molecule has 0 spiro atoms. The van der Waals surface area contributed by atoms with Gasteiger partial charge in [0.1, 0.15) is 18.1 Å². The van der Waals surface area contributed by atoms with Crippen molar-refractivity contribution in [3.8, 4) is 5.75 Å². The predicted molar refractivity (Wildman–Crippen MR) is 57.4 cm³/mol. The van der Waals surface area contributed by atoms with Crippen LogP contribution in [0.3, 0.4) is 0 Å². The highest BCUT2D eigenvalue weighted by Crippen LogP contribution is 2.14. The van der Waals surface area contributed by atoms with Gasteiger partial charge in [0.05, 0.1) is 6.26 Å². The third kappa shape index (κ3) is 2.39. The molecular formula is C12H13NO2. The Morgan fingerprint density at radius 2 is 1.93 bits per heavy atom. The summed E-state index contributed by atoms with van der Waals surface area (Å²) in [4.78, 5) is 0. The Morgan fingerprint density at radius 1 is 1.13 bits per heavy atom. The number of rotatable bonds is 4. The Morgan fingerprint density at radius 3 is 2.67 bits per heavy atom. The molecule has 0 fully saturated rings. The zero-order valence-corrected chi connectivity index (χ0v) is 8.35. The minimum Gasteiger partial charge on any atom is -0.486 e. The summed E-state index contributed by atoms with van der Waals surface area (Å²) in [5.41, 5.74) is 6.54. The van der Waals surface area contributed by atoms with E-state index >= 15 is 0 Å². The lowest BCUT2D eigenvalue weighted by atomic mass is 10.2. The van der Waals surface area contributed by atoms with E-state index in [0.717, 1.165) is 17.1 Å². The molecule has 0 aliphatic rings. The number of ether oxygens (including phenoxy) is 1. The fourth-order valence-electron chi connectivity index (χ4n) is 1.34. The molecule has 0 radical (unpaired) electrons. The van der Waals surface area contributed by atoms with Gasteiger partial charge in [-0.15, -0.1) is 0 Å². The van der Waals surface area contributed by atoms with Crippen molar-refractivity contribution in [1.82, 2.24) is 0 Å². The summed E-state index contributed by atoms with van der Waals surface area (Å²) < 4.78 is 10.8. The first-order chi connectivity index (χ1) is 7.40. The summed E-state index contributed by atoms with van der Waals surface area (Å²) in [6.07, 6.45) is 1.63. The minimum atomic E-state index is 0.420. The summed E-state index contributed by atoms with van der Waals surface area (Å²) in [7, 11) is 0. The van der Waals surface area contributed by atoms with Crippen molar-refractivity contribution in [2.24, 2.45) is 5.73 Å². The van der Waals surface area contributed by atoms with Gasteiger partial charge in [-0.25, -0.2) is 0 Å². The second kappa shape index (κ2) is 4.66. The Labute approximate surface area is 88.5 Å². The van der Waals surface area contributed by atoms with Crippen LogP contribution in [0.4, 0.5) is 0 Å². The van der Waals surface area contributed by atoms with Gasteiger partial charge in [0, 0.05) is 12.1 Å². The van der Waals surface area contributed by atoms with E-state index in [-0.39, 0.29) is 0 Å². The number of para-hydroxylation sites is 1. The maximum Gasteiger partial charge on any atom is 0.146 e. The molecule has 0 atom stereocenters. The summed E-state index contributed by atoms with van der Waals surface area (Å²) in [5, 5.41) is 0. The maximum absolute atomic E-state index is 5.55. The minimum absolute atomic E-state index is 0.420. The van der Waals surface area contributed by atoms with E-state index in [0.29, 0.717) is 13.2 Å². The number of benzene rings is 1. The smallest absolute Gasteiger partial charge is 0.146 e. The zero-order valence-electron chi connectivity index (χ0n) is 8.35. The average molecular weight is 203 g/mol. The second-order valence-electron chi connectivity index (χ2n) is 3.17. The fourth-order valence-corrected chi connectivity index (χ4v) is 1.34. The van der Waals surface area contributed by atoms with Crippen molar-refractivity contribution >= 4 is 0 Å². The number of hydrogen-bond donors (Lipinski definition) is 1. The van der Waals surface area contributed by atoms with E-state index in [4.69, 9.17) is 14.9 Å². The molecule has 1 heterocycles. The zero-order chi connectivity index (χ0) is 10.5. The highest BCUT2D eigenvalue weighted by molar-refractivity contribution is 5.22. The van der Waals surface area contributed by atoms with Crippen molar-refractivity contribution in [2.45, 2.75) is 13.2 Å². The van der Waals surface area contributed by atoms with Gasteiger partial charge in [-0.1, -0.05) is 18.2 Å². The molecule has 1 aromatic carbocycles. The Balaban J connectivity index is 1.99. The quantitative estimate of drug-likeness (QED) is 0.829. The average Bonchev–Trinajstić information content (AvgIpc) is 2.75. The van der Waals surface area contributed by atoms with Crippen LogP contribution < -0.4 is 10.5 Å². The Kier molecular flexibility index (Phi) is 3.05. The SMILES string of the molecule is NCc1ccoc1COc1ccccc1. The lowest BCUT2D eigenvalue weighted by Crippen LogP contribution is -2.01. The highest BCUT2D eigenvalue weighted by Gasteiger charge is 2.04. The lowest BCUT2D eigenvalue weighted by molar-refractivity contribution is 0.268. The van der Waals surface area contributed by atoms with Crippen molar-refractivity contribution in [1.29, 1.82) is 0 Å². The van der Waals surface area contributed by atoms with Crippen LogP contribution in [-0.2, 0) is 13.2 Å². The van der Waals surface area contributed by atoms with Gasteiger partial charge in [0.2, 0.25) is 0 Å².